The number of hydrogen-bond acceptors (Lipinski definition) is 2. The van der Waals surface area contributed by atoms with Crippen molar-refractivity contribution in [3.63, 3.8) is 0 Å². The van der Waals surface area contributed by atoms with Gasteiger partial charge in [-0.1, -0.05) is 18.2 Å². The van der Waals surface area contributed by atoms with E-state index in [0.29, 0.717) is 32.6 Å². The number of aromatic amines is 1. The molecule has 28 heavy (non-hydrogen) atoms. The quantitative estimate of drug-likeness (QED) is 0.818. The van der Waals surface area contributed by atoms with Gasteiger partial charge in [0.1, 0.15) is 0 Å². The van der Waals surface area contributed by atoms with Crippen LogP contribution in [0.2, 0.25) is 0 Å². The van der Waals surface area contributed by atoms with E-state index in [1.54, 1.807) is 0 Å². The van der Waals surface area contributed by atoms with Crippen molar-refractivity contribution in [3.05, 3.63) is 41.6 Å². The Balaban J connectivity index is 1.83. The summed E-state index contributed by atoms with van der Waals surface area (Å²) < 4.78 is 13.0. The largest absolute Gasteiger partial charge is 0.361 e. The maximum Gasteiger partial charge on any atom is 0.230 e. The number of fused-ring (bicyclic) bond motifs is 2. The molecule has 0 bridgehead atoms. The van der Waals surface area contributed by atoms with Crippen molar-refractivity contribution >= 4 is 22.4 Å². The van der Waals surface area contributed by atoms with E-state index in [9.17, 15) is 9.18 Å². The van der Waals surface area contributed by atoms with E-state index in [4.69, 9.17) is 0 Å². The fourth-order valence-corrected chi connectivity index (χ4v) is 5.13. The fourth-order valence-electron chi connectivity index (χ4n) is 5.13. The zero-order chi connectivity index (χ0) is 19.9. The van der Waals surface area contributed by atoms with Crippen molar-refractivity contribution in [2.24, 2.45) is 5.92 Å². The van der Waals surface area contributed by atoms with E-state index in [0.717, 1.165) is 11.9 Å². The molecular weight excluding hydrogens is 353 g/mol. The van der Waals surface area contributed by atoms with E-state index in [2.05, 4.69) is 47.3 Å². The van der Waals surface area contributed by atoms with Gasteiger partial charge in [-0.15, -0.1) is 0 Å². The Morgan fingerprint density at radius 2 is 2.14 bits per heavy atom. The van der Waals surface area contributed by atoms with Crippen molar-refractivity contribution in [1.29, 1.82) is 0 Å². The van der Waals surface area contributed by atoms with E-state index in [1.165, 1.54) is 22.1 Å². The average molecular weight is 384 g/mol. The van der Waals surface area contributed by atoms with Gasteiger partial charge in [-0.2, -0.15) is 0 Å². The lowest BCUT2D eigenvalue weighted by Gasteiger charge is -2.50. The first-order chi connectivity index (χ1) is 13.5. The number of carbonyl (C=O) groups is 1. The van der Waals surface area contributed by atoms with E-state index in [1.807, 2.05) is 18.7 Å². The van der Waals surface area contributed by atoms with Crippen molar-refractivity contribution in [2.45, 2.75) is 39.2 Å². The summed E-state index contributed by atoms with van der Waals surface area (Å²) in [6, 6.07) is 6.35. The van der Waals surface area contributed by atoms with Crippen molar-refractivity contribution in [2.75, 3.05) is 32.9 Å². The Labute approximate surface area is 166 Å². The number of benzene rings is 1. The van der Waals surface area contributed by atoms with Gasteiger partial charge in [0.15, 0.2) is 0 Å². The molecule has 1 aliphatic heterocycles. The number of alkyl halides is 1. The zero-order valence-electron chi connectivity index (χ0n) is 17.1. The monoisotopic (exact) mass is 383 g/mol. The molecule has 0 fully saturated rings. The van der Waals surface area contributed by atoms with Crippen molar-refractivity contribution in [1.82, 2.24) is 14.8 Å². The first-order valence-corrected chi connectivity index (χ1v) is 10.4. The van der Waals surface area contributed by atoms with Gasteiger partial charge in [-0.25, -0.2) is 0 Å². The Hall–Kier alpha value is -2.14. The molecule has 0 saturated heterocycles. The second-order valence-electron chi connectivity index (χ2n) is 8.18. The molecule has 0 saturated carbocycles. The fraction of sp³-hybridized carbons (Fsp3) is 0.522. The highest BCUT2D eigenvalue weighted by Gasteiger charge is 2.45. The van der Waals surface area contributed by atoms with Crippen LogP contribution in [0.25, 0.3) is 16.5 Å². The molecule has 1 aliphatic carbocycles. The van der Waals surface area contributed by atoms with Crippen molar-refractivity contribution in [3.8, 4) is 0 Å². The van der Waals surface area contributed by atoms with Gasteiger partial charge in [0.05, 0.1) is 12.6 Å². The van der Waals surface area contributed by atoms with Crippen LogP contribution in [0.3, 0.4) is 0 Å². The molecule has 0 spiro atoms. The average Bonchev–Trinajstić information content (AvgIpc) is 3.11. The van der Waals surface area contributed by atoms with Crippen molar-refractivity contribution < 1.29 is 9.18 Å². The maximum atomic E-state index is 13.2. The SMILES string of the molecule is CCN(CC)C(=O)[C@@H]1C=C2c3cccc4[nH]cc(c34)CC2(C)N(CCCF)C1. The summed E-state index contributed by atoms with van der Waals surface area (Å²) in [7, 11) is 0. The summed E-state index contributed by atoms with van der Waals surface area (Å²) in [6.07, 6.45) is 5.70. The molecule has 1 N–H and O–H groups in total. The first-order valence-electron chi connectivity index (χ1n) is 10.4. The summed E-state index contributed by atoms with van der Waals surface area (Å²) in [4.78, 5) is 20.8. The molecule has 150 valence electrons. The molecule has 5 heteroatoms. The molecule has 0 radical (unpaired) electrons. The minimum atomic E-state index is -0.328. The first kappa shape index (κ1) is 19.2. The molecule has 1 unspecified atom stereocenters. The molecule has 2 aromatic rings. The molecule has 1 aromatic heterocycles. The second kappa shape index (κ2) is 7.36. The van der Waals surface area contributed by atoms with Gasteiger partial charge >= 0.3 is 0 Å². The zero-order valence-corrected chi connectivity index (χ0v) is 17.1. The molecule has 1 amide bonds. The summed E-state index contributed by atoms with van der Waals surface area (Å²) >= 11 is 0. The number of amides is 1. The Bertz CT molecular complexity index is 914. The van der Waals surface area contributed by atoms with Gasteiger partial charge in [0, 0.05) is 48.8 Å². The number of H-pyrrole nitrogens is 1. The summed E-state index contributed by atoms with van der Waals surface area (Å²) in [5.41, 5.74) is 4.68. The third-order valence-electron chi connectivity index (χ3n) is 6.63. The third kappa shape index (κ3) is 2.87. The molecular formula is C23H30FN3O. The predicted octanol–water partition coefficient (Wildman–Crippen LogP) is 4.03. The lowest BCUT2D eigenvalue weighted by atomic mass is 9.70. The number of nitrogens with zero attached hydrogens (tertiary/aromatic N) is 2. The number of hydrogen-bond donors (Lipinski definition) is 1. The van der Waals surface area contributed by atoms with Crippen LogP contribution in [0.1, 0.15) is 38.3 Å². The standard InChI is InChI=1S/C23H30FN3O/c1-4-26(5-2)22(28)16-12-19-18-8-6-9-20-21(18)17(14-25-20)13-23(19,3)27(15-16)11-7-10-24/h6,8-9,12,14,16,25H,4-5,7,10-11,13,15H2,1-3H3/t16-,23?/m1/s1. The molecule has 4 rings (SSSR count). The highest BCUT2D eigenvalue weighted by atomic mass is 19.1. The normalized spacial score (nSPS) is 24.1. The van der Waals surface area contributed by atoms with Crippen LogP contribution in [-0.2, 0) is 11.2 Å². The van der Waals surface area contributed by atoms with Crippen LogP contribution in [0.5, 0.6) is 0 Å². The van der Waals surface area contributed by atoms with Gasteiger partial charge < -0.3 is 9.88 Å². The number of rotatable bonds is 6. The summed E-state index contributed by atoms with van der Waals surface area (Å²) in [5, 5.41) is 1.27. The predicted molar refractivity (Wildman–Crippen MR) is 112 cm³/mol. The minimum Gasteiger partial charge on any atom is -0.361 e. The number of halogens is 1. The number of nitrogens with one attached hydrogen (secondary N) is 1. The second-order valence-corrected chi connectivity index (χ2v) is 8.18. The van der Waals surface area contributed by atoms with Gasteiger partial charge in [-0.05, 0) is 56.4 Å². The van der Waals surface area contributed by atoms with Crippen LogP contribution >= 0.6 is 0 Å². The molecule has 4 nitrogen and oxygen atoms in total. The van der Waals surface area contributed by atoms with E-state index < -0.39 is 0 Å². The highest BCUT2D eigenvalue weighted by molar-refractivity contribution is 6.00. The van der Waals surface area contributed by atoms with E-state index >= 15 is 0 Å². The highest BCUT2D eigenvalue weighted by Crippen LogP contribution is 2.47. The summed E-state index contributed by atoms with van der Waals surface area (Å²) in [6.45, 7) is 8.73. The van der Waals surface area contributed by atoms with Gasteiger partial charge in [0.25, 0.3) is 0 Å². The smallest absolute Gasteiger partial charge is 0.230 e. The Morgan fingerprint density at radius 1 is 1.36 bits per heavy atom. The number of aromatic nitrogens is 1. The van der Waals surface area contributed by atoms with Gasteiger partial charge in [-0.3, -0.25) is 14.1 Å². The Kier molecular flexibility index (Phi) is 5.04. The number of carbonyl (C=O) groups excluding carboxylic acids is 1. The van der Waals surface area contributed by atoms with Crippen LogP contribution in [0.4, 0.5) is 4.39 Å². The van der Waals surface area contributed by atoms with Crippen LogP contribution < -0.4 is 0 Å². The molecule has 1 aromatic carbocycles. The molecule has 2 heterocycles. The summed E-state index contributed by atoms with van der Waals surface area (Å²) in [5.74, 6) is -0.00447. The maximum absolute atomic E-state index is 13.2. The lowest BCUT2D eigenvalue weighted by molar-refractivity contribution is -0.134. The Morgan fingerprint density at radius 3 is 2.86 bits per heavy atom. The lowest BCUT2D eigenvalue weighted by Crippen LogP contribution is -2.56. The topological polar surface area (TPSA) is 39.3 Å². The minimum absolute atomic E-state index is 0.178. The van der Waals surface area contributed by atoms with Crippen LogP contribution in [-0.4, -0.2) is 59.1 Å². The third-order valence-corrected chi connectivity index (χ3v) is 6.63. The van der Waals surface area contributed by atoms with Crippen LogP contribution in [0.15, 0.2) is 30.5 Å². The van der Waals surface area contributed by atoms with Crippen LogP contribution in [0, 0.1) is 5.92 Å². The van der Waals surface area contributed by atoms with E-state index in [-0.39, 0.29) is 24.0 Å². The van der Waals surface area contributed by atoms with Gasteiger partial charge in [0.2, 0.25) is 5.91 Å². The molecule has 2 atom stereocenters. The molecule has 2 aliphatic rings.